The number of amides is 1. The molecule has 3 heterocycles. The first kappa shape index (κ1) is 20.1. The number of halogens is 1. The molecule has 5 rings (SSSR count). The Labute approximate surface area is 191 Å². The van der Waals surface area contributed by atoms with Gasteiger partial charge in [-0.05, 0) is 70.4 Å². The van der Waals surface area contributed by atoms with Crippen LogP contribution in [0.4, 0.5) is 5.69 Å². The van der Waals surface area contributed by atoms with Gasteiger partial charge in [0, 0.05) is 15.7 Å². The highest BCUT2D eigenvalue weighted by Gasteiger charge is 2.15. The summed E-state index contributed by atoms with van der Waals surface area (Å²) < 4.78 is 8.12. The first-order chi connectivity index (χ1) is 15.6. The molecule has 32 heavy (non-hydrogen) atoms. The van der Waals surface area contributed by atoms with Gasteiger partial charge in [0.1, 0.15) is 29.7 Å². The molecule has 1 amide bonds. The van der Waals surface area contributed by atoms with Gasteiger partial charge in [-0.2, -0.15) is 0 Å². The van der Waals surface area contributed by atoms with E-state index < -0.39 is 0 Å². The van der Waals surface area contributed by atoms with Crippen LogP contribution in [0.3, 0.4) is 0 Å². The lowest BCUT2D eigenvalue weighted by Gasteiger charge is -2.09. The number of benzene rings is 2. The number of hydrogen-bond donors (Lipinski definition) is 1. The number of carbonyl (C=O) groups is 1. The third kappa shape index (κ3) is 3.90. The van der Waals surface area contributed by atoms with Crippen LogP contribution in [0.25, 0.3) is 28.4 Å². The maximum atomic E-state index is 12.9. The predicted molar refractivity (Wildman–Crippen MR) is 124 cm³/mol. The molecule has 0 aliphatic carbocycles. The Balaban J connectivity index is 1.42. The highest BCUT2D eigenvalue weighted by Crippen LogP contribution is 2.27. The minimum atomic E-state index is -0.353. The summed E-state index contributed by atoms with van der Waals surface area (Å²) >= 11 is 3.40. The van der Waals surface area contributed by atoms with E-state index in [0.717, 1.165) is 23.1 Å². The quantitative estimate of drug-likeness (QED) is 0.371. The Morgan fingerprint density at radius 2 is 1.91 bits per heavy atom. The van der Waals surface area contributed by atoms with Gasteiger partial charge in [0.25, 0.3) is 5.91 Å². The van der Waals surface area contributed by atoms with Crippen molar-refractivity contribution in [3.8, 4) is 17.3 Å². The van der Waals surface area contributed by atoms with Crippen molar-refractivity contribution in [1.82, 2.24) is 24.7 Å². The topological polar surface area (TPSA) is 98.7 Å². The van der Waals surface area contributed by atoms with E-state index in [9.17, 15) is 4.79 Å². The smallest absolute Gasteiger partial charge is 0.275 e. The number of hydrogen-bond acceptors (Lipinski definition) is 6. The van der Waals surface area contributed by atoms with E-state index >= 15 is 0 Å². The molecule has 8 nitrogen and oxygen atoms in total. The van der Waals surface area contributed by atoms with Crippen LogP contribution < -0.4 is 5.32 Å². The number of carbonyl (C=O) groups excluding carboxylic acids is 1. The van der Waals surface area contributed by atoms with Crippen molar-refractivity contribution in [3.63, 3.8) is 0 Å². The van der Waals surface area contributed by atoms with Crippen LogP contribution in [0.2, 0.25) is 0 Å². The van der Waals surface area contributed by atoms with Gasteiger partial charge in [-0.3, -0.25) is 9.36 Å². The van der Waals surface area contributed by atoms with Crippen LogP contribution >= 0.6 is 15.9 Å². The summed E-state index contributed by atoms with van der Waals surface area (Å²) in [4.78, 5) is 22.0. The third-order valence-electron chi connectivity index (χ3n) is 4.96. The number of aryl methyl sites for hydroxylation is 1. The molecule has 0 unspecified atom stereocenters. The summed E-state index contributed by atoms with van der Waals surface area (Å²) in [5.41, 5.74) is 4.36. The van der Waals surface area contributed by atoms with Crippen LogP contribution in [0, 0.1) is 0 Å². The molecule has 5 aromatic rings. The third-order valence-corrected chi connectivity index (χ3v) is 5.60. The normalized spacial score (nSPS) is 11.1. The van der Waals surface area contributed by atoms with E-state index in [2.05, 4.69) is 48.3 Å². The summed E-state index contributed by atoms with van der Waals surface area (Å²) in [7, 11) is 0. The van der Waals surface area contributed by atoms with Gasteiger partial charge in [-0.25, -0.2) is 9.97 Å². The van der Waals surface area contributed by atoms with Gasteiger partial charge >= 0.3 is 0 Å². The molecule has 2 aromatic carbocycles. The number of fused-ring (bicyclic) bond motifs is 1. The average Bonchev–Trinajstić information content (AvgIpc) is 3.49. The van der Waals surface area contributed by atoms with Crippen molar-refractivity contribution >= 4 is 38.6 Å². The fraction of sp³-hybridized carbons (Fsp3) is 0.0870. The van der Waals surface area contributed by atoms with E-state index in [1.165, 1.54) is 18.2 Å². The molecule has 0 fully saturated rings. The van der Waals surface area contributed by atoms with E-state index in [4.69, 9.17) is 4.42 Å². The second kappa shape index (κ2) is 8.35. The van der Waals surface area contributed by atoms with E-state index in [1.54, 1.807) is 22.8 Å². The summed E-state index contributed by atoms with van der Waals surface area (Å²) in [6.07, 6.45) is 3.97. The van der Waals surface area contributed by atoms with Crippen molar-refractivity contribution in [3.05, 3.63) is 83.0 Å². The maximum Gasteiger partial charge on any atom is 0.275 e. The number of oxazole rings is 1. The number of nitrogens with one attached hydrogen (secondary N) is 1. The molecule has 0 aliphatic rings. The van der Waals surface area contributed by atoms with Crippen LogP contribution in [0.5, 0.6) is 0 Å². The summed E-state index contributed by atoms with van der Waals surface area (Å²) in [5.74, 6) is 0.683. The zero-order valence-electron chi connectivity index (χ0n) is 17.0. The van der Waals surface area contributed by atoms with Crippen LogP contribution in [0.15, 0.2) is 76.1 Å². The van der Waals surface area contributed by atoms with Crippen molar-refractivity contribution in [2.24, 2.45) is 0 Å². The van der Waals surface area contributed by atoms with Crippen molar-refractivity contribution < 1.29 is 9.21 Å². The van der Waals surface area contributed by atoms with Crippen LogP contribution in [-0.4, -0.2) is 30.6 Å². The molecule has 0 radical (unpaired) electrons. The zero-order chi connectivity index (χ0) is 22.1. The average molecular weight is 489 g/mol. The number of nitrogens with zero attached hydrogens (tertiary/aromatic N) is 5. The lowest BCUT2D eigenvalue weighted by Crippen LogP contribution is -2.15. The Morgan fingerprint density at radius 1 is 1.06 bits per heavy atom. The van der Waals surface area contributed by atoms with Gasteiger partial charge in [-0.15, -0.1) is 10.2 Å². The second-order valence-electron chi connectivity index (χ2n) is 7.08. The monoisotopic (exact) mass is 488 g/mol. The molecule has 158 valence electrons. The van der Waals surface area contributed by atoms with Gasteiger partial charge in [0.15, 0.2) is 5.58 Å². The Morgan fingerprint density at radius 3 is 2.72 bits per heavy atom. The van der Waals surface area contributed by atoms with Crippen molar-refractivity contribution in [1.29, 1.82) is 0 Å². The minimum Gasteiger partial charge on any atom is -0.436 e. The molecular formula is C23H17BrN6O2. The number of aromatic nitrogens is 5. The van der Waals surface area contributed by atoms with Gasteiger partial charge in [0.2, 0.25) is 5.89 Å². The van der Waals surface area contributed by atoms with Crippen LogP contribution in [-0.2, 0) is 6.42 Å². The minimum absolute atomic E-state index is 0.246. The molecule has 0 saturated carbocycles. The lowest BCUT2D eigenvalue weighted by atomic mass is 10.1. The molecule has 3 aromatic heterocycles. The van der Waals surface area contributed by atoms with Crippen molar-refractivity contribution in [2.45, 2.75) is 13.3 Å². The standard InChI is InChI=1S/C23H17BrN6O2/c1-2-14-6-8-19-18(10-14)28-23(32-19)15-4-3-5-16(11-15)27-22(31)21-17(24)7-9-20(29-21)30-12-25-26-13-30/h3-13H,2H2,1H3,(H,27,31). The lowest BCUT2D eigenvalue weighted by molar-refractivity contribution is 0.102. The Hall–Kier alpha value is -3.85. The molecule has 0 atom stereocenters. The molecule has 1 N–H and O–H groups in total. The molecule has 0 bridgehead atoms. The Bertz CT molecular complexity index is 1430. The summed E-state index contributed by atoms with van der Waals surface area (Å²) in [6, 6.07) is 16.9. The zero-order valence-corrected chi connectivity index (χ0v) is 18.6. The predicted octanol–water partition coefficient (Wildman–Crippen LogP) is 5.05. The second-order valence-corrected chi connectivity index (χ2v) is 7.93. The highest BCUT2D eigenvalue weighted by molar-refractivity contribution is 9.10. The van der Waals surface area contributed by atoms with Gasteiger partial charge < -0.3 is 9.73 Å². The molecule has 9 heteroatoms. The van der Waals surface area contributed by atoms with Gasteiger partial charge in [0.05, 0.1) is 0 Å². The fourth-order valence-electron chi connectivity index (χ4n) is 3.29. The summed E-state index contributed by atoms with van der Waals surface area (Å²) in [6.45, 7) is 2.10. The summed E-state index contributed by atoms with van der Waals surface area (Å²) in [5, 5.41) is 10.4. The van der Waals surface area contributed by atoms with E-state index in [-0.39, 0.29) is 11.6 Å². The first-order valence-electron chi connectivity index (χ1n) is 9.93. The molecule has 0 saturated heterocycles. The van der Waals surface area contributed by atoms with Crippen molar-refractivity contribution in [2.75, 3.05) is 5.32 Å². The number of rotatable bonds is 5. The van der Waals surface area contributed by atoms with E-state index in [0.29, 0.717) is 21.9 Å². The number of anilines is 1. The van der Waals surface area contributed by atoms with E-state index in [1.807, 2.05) is 36.4 Å². The van der Waals surface area contributed by atoms with Gasteiger partial charge in [-0.1, -0.05) is 19.1 Å². The first-order valence-corrected chi connectivity index (χ1v) is 10.7. The largest absolute Gasteiger partial charge is 0.436 e. The SMILES string of the molecule is CCc1ccc2oc(-c3cccc(NC(=O)c4nc(-n5cnnc5)ccc4Br)c3)nc2c1. The Kier molecular flexibility index (Phi) is 5.24. The highest BCUT2D eigenvalue weighted by atomic mass is 79.9. The molecule has 0 spiro atoms. The maximum absolute atomic E-state index is 12.9. The number of pyridine rings is 1. The fourth-order valence-corrected chi connectivity index (χ4v) is 3.69. The van der Waals surface area contributed by atoms with Crippen LogP contribution in [0.1, 0.15) is 23.0 Å². The molecular weight excluding hydrogens is 472 g/mol. The molecule has 0 aliphatic heterocycles.